The van der Waals surface area contributed by atoms with E-state index in [0.29, 0.717) is 11.6 Å². The zero-order valence-corrected chi connectivity index (χ0v) is 14.1. The highest BCUT2D eigenvalue weighted by Gasteiger charge is 2.40. The van der Waals surface area contributed by atoms with Crippen molar-refractivity contribution in [1.29, 1.82) is 0 Å². The fourth-order valence-corrected chi connectivity index (χ4v) is 3.01. The van der Waals surface area contributed by atoms with Gasteiger partial charge in [-0.25, -0.2) is 33.1 Å². The highest BCUT2D eigenvalue weighted by molar-refractivity contribution is 5.44. The molecule has 0 aliphatic heterocycles. The standard InChI is InChI=1S/C19H15F3N4O/c20-15-3-2-11(6-16(15)27-10-17(21)22)13-7-14(13)12-8-25-19(26-9-12)18-23-4-1-5-24-18/h1-6,8-9,13-14,17H,7,10H2/t13-,14+/m1/s1. The van der Waals surface area contributed by atoms with Gasteiger partial charge in [0.25, 0.3) is 6.43 Å². The number of alkyl halides is 2. The molecule has 1 aliphatic rings. The van der Waals surface area contributed by atoms with E-state index in [0.717, 1.165) is 17.5 Å². The Morgan fingerprint density at radius 1 is 0.963 bits per heavy atom. The van der Waals surface area contributed by atoms with Crippen LogP contribution in [0.25, 0.3) is 11.6 Å². The third-order valence-corrected chi connectivity index (χ3v) is 4.40. The van der Waals surface area contributed by atoms with E-state index in [9.17, 15) is 13.2 Å². The maximum Gasteiger partial charge on any atom is 0.272 e. The summed E-state index contributed by atoms with van der Waals surface area (Å²) in [5.74, 6) is 0.460. The monoisotopic (exact) mass is 372 g/mol. The van der Waals surface area contributed by atoms with Gasteiger partial charge in [0.05, 0.1) is 0 Å². The molecular formula is C19H15F3N4O. The molecule has 1 saturated carbocycles. The molecule has 4 rings (SSSR count). The van der Waals surface area contributed by atoms with Crippen LogP contribution in [0.15, 0.2) is 49.1 Å². The minimum absolute atomic E-state index is 0.147. The van der Waals surface area contributed by atoms with Crippen molar-refractivity contribution in [3.8, 4) is 17.4 Å². The molecule has 5 nitrogen and oxygen atoms in total. The molecule has 0 unspecified atom stereocenters. The number of ether oxygens (including phenoxy) is 1. The third kappa shape index (κ3) is 3.89. The number of nitrogens with zero attached hydrogens (tertiary/aromatic N) is 4. The number of halogens is 3. The van der Waals surface area contributed by atoms with E-state index in [1.807, 2.05) is 0 Å². The normalized spacial score (nSPS) is 18.5. The highest BCUT2D eigenvalue weighted by atomic mass is 19.3. The molecule has 138 valence electrons. The lowest BCUT2D eigenvalue weighted by atomic mass is 10.1. The average molecular weight is 372 g/mol. The van der Waals surface area contributed by atoms with Crippen molar-refractivity contribution in [2.45, 2.75) is 24.7 Å². The van der Waals surface area contributed by atoms with Gasteiger partial charge in [0.15, 0.2) is 23.2 Å². The van der Waals surface area contributed by atoms with Crippen molar-refractivity contribution >= 4 is 0 Å². The van der Waals surface area contributed by atoms with Gasteiger partial charge in [-0.3, -0.25) is 0 Å². The molecule has 1 aromatic carbocycles. The number of hydrogen-bond donors (Lipinski definition) is 0. The molecule has 2 atom stereocenters. The first-order valence-electron chi connectivity index (χ1n) is 8.41. The predicted octanol–water partition coefficient (Wildman–Crippen LogP) is 3.99. The summed E-state index contributed by atoms with van der Waals surface area (Å²) in [6.45, 7) is -0.828. The lowest BCUT2D eigenvalue weighted by Crippen LogP contribution is -2.08. The van der Waals surface area contributed by atoms with E-state index in [1.54, 1.807) is 36.9 Å². The van der Waals surface area contributed by atoms with Gasteiger partial charge in [-0.1, -0.05) is 6.07 Å². The number of benzene rings is 1. The van der Waals surface area contributed by atoms with Gasteiger partial charge in [0, 0.05) is 24.8 Å². The van der Waals surface area contributed by atoms with Crippen molar-refractivity contribution in [2.75, 3.05) is 6.61 Å². The SMILES string of the molecule is Fc1ccc([C@H]2C[C@H]2c2cnc(-c3ncccn3)nc2)cc1OCC(F)F. The molecule has 0 amide bonds. The van der Waals surface area contributed by atoms with Gasteiger partial charge in [-0.05, 0) is 47.6 Å². The molecule has 27 heavy (non-hydrogen) atoms. The molecular weight excluding hydrogens is 357 g/mol. The molecule has 1 aliphatic carbocycles. The van der Waals surface area contributed by atoms with Crippen LogP contribution in [0.4, 0.5) is 13.2 Å². The first-order chi connectivity index (χ1) is 13.1. The Morgan fingerprint density at radius 2 is 1.63 bits per heavy atom. The van der Waals surface area contributed by atoms with Crippen LogP contribution >= 0.6 is 0 Å². The minimum atomic E-state index is -2.65. The van der Waals surface area contributed by atoms with E-state index in [1.165, 1.54) is 12.1 Å². The number of rotatable bonds is 6. The number of hydrogen-bond acceptors (Lipinski definition) is 5. The second-order valence-electron chi connectivity index (χ2n) is 6.25. The molecule has 1 fully saturated rings. The molecule has 8 heteroatoms. The molecule has 0 saturated heterocycles. The summed E-state index contributed by atoms with van der Waals surface area (Å²) in [7, 11) is 0. The first kappa shape index (κ1) is 17.4. The van der Waals surface area contributed by atoms with E-state index in [-0.39, 0.29) is 17.6 Å². The topological polar surface area (TPSA) is 60.8 Å². The second-order valence-corrected chi connectivity index (χ2v) is 6.25. The van der Waals surface area contributed by atoms with Gasteiger partial charge in [0.1, 0.15) is 6.61 Å². The summed E-state index contributed by atoms with van der Waals surface area (Å²) in [6.07, 6.45) is 4.93. The Kier molecular flexibility index (Phi) is 4.70. The van der Waals surface area contributed by atoms with Crippen molar-refractivity contribution in [3.05, 3.63) is 66.0 Å². The Morgan fingerprint density at radius 3 is 2.33 bits per heavy atom. The van der Waals surface area contributed by atoms with Gasteiger partial charge in [-0.2, -0.15) is 0 Å². The summed E-state index contributed by atoms with van der Waals surface area (Å²) < 4.78 is 43.2. The maximum absolute atomic E-state index is 13.7. The fraction of sp³-hybridized carbons (Fsp3) is 0.263. The molecule has 0 radical (unpaired) electrons. The fourth-order valence-electron chi connectivity index (χ4n) is 3.01. The molecule has 3 aromatic rings. The van der Waals surface area contributed by atoms with Gasteiger partial charge < -0.3 is 4.74 Å². The first-order valence-corrected chi connectivity index (χ1v) is 8.41. The van der Waals surface area contributed by atoms with Crippen LogP contribution in [0.5, 0.6) is 5.75 Å². The van der Waals surface area contributed by atoms with Gasteiger partial charge in [-0.15, -0.1) is 0 Å². The summed E-state index contributed by atoms with van der Waals surface area (Å²) in [5, 5.41) is 0. The van der Waals surface area contributed by atoms with Crippen LogP contribution in [0.2, 0.25) is 0 Å². The van der Waals surface area contributed by atoms with Crippen LogP contribution < -0.4 is 4.74 Å². The highest BCUT2D eigenvalue weighted by Crippen LogP contribution is 2.54. The zero-order valence-electron chi connectivity index (χ0n) is 14.1. The smallest absolute Gasteiger partial charge is 0.272 e. The van der Waals surface area contributed by atoms with Crippen molar-refractivity contribution in [1.82, 2.24) is 19.9 Å². The van der Waals surface area contributed by atoms with Crippen molar-refractivity contribution < 1.29 is 17.9 Å². The molecule has 0 bridgehead atoms. The minimum Gasteiger partial charge on any atom is -0.485 e. The molecule has 2 heterocycles. The predicted molar refractivity (Wildman–Crippen MR) is 91.1 cm³/mol. The van der Waals surface area contributed by atoms with E-state index < -0.39 is 18.8 Å². The summed E-state index contributed by atoms with van der Waals surface area (Å²) in [6, 6.07) is 6.12. The Hall–Kier alpha value is -3.03. The third-order valence-electron chi connectivity index (χ3n) is 4.40. The Balaban J connectivity index is 1.47. The van der Waals surface area contributed by atoms with Gasteiger partial charge >= 0.3 is 0 Å². The van der Waals surface area contributed by atoms with E-state index in [2.05, 4.69) is 19.9 Å². The summed E-state index contributed by atoms with van der Waals surface area (Å²) >= 11 is 0. The largest absolute Gasteiger partial charge is 0.485 e. The van der Waals surface area contributed by atoms with Crippen LogP contribution in [-0.4, -0.2) is 33.0 Å². The molecule has 0 N–H and O–H groups in total. The second kappa shape index (κ2) is 7.30. The van der Waals surface area contributed by atoms with Crippen molar-refractivity contribution in [2.24, 2.45) is 0 Å². The molecule has 0 spiro atoms. The van der Waals surface area contributed by atoms with Crippen LogP contribution in [-0.2, 0) is 0 Å². The molecule has 2 aromatic heterocycles. The summed E-state index contributed by atoms with van der Waals surface area (Å²) in [4.78, 5) is 16.9. The van der Waals surface area contributed by atoms with Crippen LogP contribution in [0.3, 0.4) is 0 Å². The average Bonchev–Trinajstić information content (AvgIpc) is 3.49. The Bertz CT molecular complexity index is 922. The zero-order chi connectivity index (χ0) is 18.8. The number of aromatic nitrogens is 4. The van der Waals surface area contributed by atoms with Crippen LogP contribution in [0, 0.1) is 5.82 Å². The lowest BCUT2D eigenvalue weighted by Gasteiger charge is -2.09. The Labute approximate surface area is 153 Å². The van der Waals surface area contributed by atoms with Crippen molar-refractivity contribution in [3.63, 3.8) is 0 Å². The van der Waals surface area contributed by atoms with Gasteiger partial charge in [0.2, 0.25) is 0 Å². The summed E-state index contributed by atoms with van der Waals surface area (Å²) in [5.41, 5.74) is 1.81. The van der Waals surface area contributed by atoms with Crippen LogP contribution in [0.1, 0.15) is 29.4 Å². The lowest BCUT2D eigenvalue weighted by molar-refractivity contribution is 0.0798. The maximum atomic E-state index is 13.7. The van der Waals surface area contributed by atoms with E-state index in [4.69, 9.17) is 4.74 Å². The quantitative estimate of drug-likeness (QED) is 0.655. The van der Waals surface area contributed by atoms with E-state index >= 15 is 0 Å².